The smallest absolute Gasteiger partial charge is 0.338 e. The second-order valence-electron chi connectivity index (χ2n) is 6.54. The maximum Gasteiger partial charge on any atom is 0.338 e. The molecule has 0 atom stereocenters. The molecule has 2 amide bonds. The fourth-order valence-electron chi connectivity index (χ4n) is 2.53. The van der Waals surface area contributed by atoms with Gasteiger partial charge in [0.1, 0.15) is 0 Å². The molecule has 2 rings (SSSR count). The van der Waals surface area contributed by atoms with E-state index in [4.69, 9.17) is 14.2 Å². The van der Waals surface area contributed by atoms with Gasteiger partial charge in [-0.25, -0.2) is 4.79 Å². The molecule has 1 N–H and O–H groups in total. The molecular weight excluding hydrogens is 388 g/mol. The third-order valence-corrected chi connectivity index (χ3v) is 4.17. The zero-order valence-corrected chi connectivity index (χ0v) is 17.6. The first-order valence-electron chi connectivity index (χ1n) is 9.42. The van der Waals surface area contributed by atoms with Crippen LogP contribution in [0.15, 0.2) is 42.5 Å². The third kappa shape index (κ3) is 6.51. The Hall–Kier alpha value is -3.55. The number of methoxy groups -OCH3 is 1. The van der Waals surface area contributed by atoms with Crippen LogP contribution in [0.3, 0.4) is 0 Å². The van der Waals surface area contributed by atoms with Gasteiger partial charge in [0, 0.05) is 12.7 Å². The van der Waals surface area contributed by atoms with Crippen LogP contribution in [0, 0.1) is 6.92 Å². The van der Waals surface area contributed by atoms with E-state index in [9.17, 15) is 14.4 Å². The lowest BCUT2D eigenvalue weighted by atomic mass is 10.2. The van der Waals surface area contributed by atoms with Crippen molar-refractivity contribution < 1.29 is 28.6 Å². The van der Waals surface area contributed by atoms with E-state index in [-0.39, 0.29) is 18.0 Å². The van der Waals surface area contributed by atoms with Gasteiger partial charge in [0.15, 0.2) is 18.1 Å². The highest BCUT2D eigenvalue weighted by molar-refractivity contribution is 5.95. The molecule has 0 aromatic heterocycles. The Bertz CT molecular complexity index is 895. The van der Waals surface area contributed by atoms with Gasteiger partial charge in [0.25, 0.3) is 5.91 Å². The Morgan fingerprint density at radius 3 is 2.37 bits per heavy atom. The highest BCUT2D eigenvalue weighted by Gasteiger charge is 2.17. The molecule has 0 unspecified atom stereocenters. The summed E-state index contributed by atoms with van der Waals surface area (Å²) in [4.78, 5) is 37.7. The number of ether oxygens (including phenoxy) is 3. The molecule has 8 heteroatoms. The summed E-state index contributed by atoms with van der Waals surface area (Å²) < 4.78 is 15.7. The maximum absolute atomic E-state index is 12.2. The molecule has 0 saturated carbocycles. The molecule has 0 aliphatic carbocycles. The Kier molecular flexibility index (Phi) is 8.22. The van der Waals surface area contributed by atoms with Crippen LogP contribution in [-0.4, -0.2) is 56.6 Å². The molecule has 2 aromatic carbocycles. The van der Waals surface area contributed by atoms with Gasteiger partial charge in [0.2, 0.25) is 5.91 Å². The molecule has 0 aliphatic heterocycles. The molecule has 0 heterocycles. The van der Waals surface area contributed by atoms with Crippen molar-refractivity contribution in [2.24, 2.45) is 0 Å². The second-order valence-corrected chi connectivity index (χ2v) is 6.54. The van der Waals surface area contributed by atoms with Gasteiger partial charge in [0.05, 0.1) is 25.8 Å². The van der Waals surface area contributed by atoms with Crippen LogP contribution in [0.25, 0.3) is 0 Å². The molecule has 0 fully saturated rings. The molecule has 30 heavy (non-hydrogen) atoms. The molecule has 0 saturated heterocycles. The number of likely N-dealkylation sites (N-methyl/N-ethyl adjacent to an activating group) is 1. The van der Waals surface area contributed by atoms with Crippen LogP contribution in [0.1, 0.15) is 22.8 Å². The molecule has 2 aromatic rings. The van der Waals surface area contributed by atoms with E-state index in [1.165, 1.54) is 31.2 Å². The summed E-state index contributed by atoms with van der Waals surface area (Å²) in [6.45, 7) is 3.59. The Balaban J connectivity index is 1.85. The molecule has 0 bridgehead atoms. The number of anilines is 1. The van der Waals surface area contributed by atoms with Crippen LogP contribution in [0.5, 0.6) is 11.5 Å². The first-order valence-corrected chi connectivity index (χ1v) is 9.42. The molecular formula is C22H26N2O6. The zero-order chi connectivity index (χ0) is 22.1. The summed E-state index contributed by atoms with van der Waals surface area (Å²) in [5.41, 5.74) is 1.94. The third-order valence-electron chi connectivity index (χ3n) is 4.17. The van der Waals surface area contributed by atoms with E-state index in [1.807, 2.05) is 26.0 Å². The number of rotatable bonds is 9. The maximum atomic E-state index is 12.2. The van der Waals surface area contributed by atoms with Gasteiger partial charge in [-0.2, -0.15) is 0 Å². The molecule has 0 radical (unpaired) electrons. The summed E-state index contributed by atoms with van der Waals surface area (Å²) in [5, 5.41) is 2.71. The highest BCUT2D eigenvalue weighted by Crippen LogP contribution is 2.28. The lowest BCUT2D eigenvalue weighted by Crippen LogP contribution is -2.37. The number of esters is 1. The van der Waals surface area contributed by atoms with Gasteiger partial charge in [-0.05, 0) is 44.2 Å². The number of carbonyl (C=O) groups excluding carboxylic acids is 3. The predicted molar refractivity (Wildman–Crippen MR) is 112 cm³/mol. The van der Waals surface area contributed by atoms with Crippen molar-refractivity contribution in [3.63, 3.8) is 0 Å². The van der Waals surface area contributed by atoms with Gasteiger partial charge in [-0.3, -0.25) is 9.59 Å². The van der Waals surface area contributed by atoms with E-state index < -0.39 is 18.5 Å². The molecule has 0 spiro atoms. The highest BCUT2D eigenvalue weighted by atomic mass is 16.5. The van der Waals surface area contributed by atoms with Crippen molar-refractivity contribution in [3.05, 3.63) is 53.6 Å². The number of carbonyl (C=O) groups is 3. The van der Waals surface area contributed by atoms with E-state index in [2.05, 4.69) is 5.32 Å². The summed E-state index contributed by atoms with van der Waals surface area (Å²) in [5.74, 6) is -0.630. The van der Waals surface area contributed by atoms with E-state index in [0.29, 0.717) is 23.8 Å². The van der Waals surface area contributed by atoms with Gasteiger partial charge < -0.3 is 24.4 Å². The largest absolute Gasteiger partial charge is 0.493 e. The normalized spacial score (nSPS) is 10.1. The van der Waals surface area contributed by atoms with E-state index in [1.54, 1.807) is 18.2 Å². The number of amides is 2. The fraction of sp³-hybridized carbons (Fsp3) is 0.318. The van der Waals surface area contributed by atoms with Crippen molar-refractivity contribution >= 4 is 23.5 Å². The van der Waals surface area contributed by atoms with Crippen LogP contribution in [0.4, 0.5) is 5.69 Å². The van der Waals surface area contributed by atoms with Crippen LogP contribution in [-0.2, 0) is 14.3 Å². The van der Waals surface area contributed by atoms with Crippen molar-refractivity contribution in [1.29, 1.82) is 0 Å². The Labute approximate surface area is 175 Å². The summed E-state index contributed by atoms with van der Waals surface area (Å²) in [6.07, 6.45) is 0. The first kappa shape index (κ1) is 22.7. The van der Waals surface area contributed by atoms with E-state index >= 15 is 0 Å². The Morgan fingerprint density at radius 2 is 1.73 bits per heavy atom. The van der Waals surface area contributed by atoms with Gasteiger partial charge in [-0.15, -0.1) is 0 Å². The lowest BCUT2D eigenvalue weighted by Gasteiger charge is -2.17. The van der Waals surface area contributed by atoms with Gasteiger partial charge >= 0.3 is 5.97 Å². The molecule has 8 nitrogen and oxygen atoms in total. The summed E-state index contributed by atoms with van der Waals surface area (Å²) >= 11 is 0. The number of benzene rings is 2. The van der Waals surface area contributed by atoms with Crippen LogP contribution >= 0.6 is 0 Å². The van der Waals surface area contributed by atoms with Crippen LogP contribution in [0.2, 0.25) is 0 Å². The van der Waals surface area contributed by atoms with Crippen molar-refractivity contribution in [2.75, 3.05) is 39.2 Å². The molecule has 0 aliphatic rings. The minimum Gasteiger partial charge on any atom is -0.493 e. The van der Waals surface area contributed by atoms with Crippen molar-refractivity contribution in [2.45, 2.75) is 13.8 Å². The lowest BCUT2D eigenvalue weighted by molar-refractivity contribution is -0.136. The topological polar surface area (TPSA) is 94.2 Å². The average molecular weight is 414 g/mol. The van der Waals surface area contributed by atoms with Crippen molar-refractivity contribution in [3.8, 4) is 11.5 Å². The SMILES string of the molecule is CCOc1ccc(C(=O)OCC(=O)N(C)CC(=O)Nc2ccc(C)cc2)cc1OC. The monoisotopic (exact) mass is 414 g/mol. The molecule has 160 valence electrons. The number of hydrogen-bond donors (Lipinski definition) is 1. The van der Waals surface area contributed by atoms with Gasteiger partial charge in [-0.1, -0.05) is 17.7 Å². The summed E-state index contributed by atoms with van der Waals surface area (Å²) in [6, 6.07) is 11.9. The van der Waals surface area contributed by atoms with E-state index in [0.717, 1.165) is 5.56 Å². The quantitative estimate of drug-likeness (QED) is 0.634. The minimum atomic E-state index is -0.679. The average Bonchev–Trinajstić information content (AvgIpc) is 2.73. The van der Waals surface area contributed by atoms with Crippen LogP contribution < -0.4 is 14.8 Å². The first-order chi connectivity index (χ1) is 14.3. The standard InChI is InChI=1S/C22H26N2O6/c1-5-29-18-11-8-16(12-19(18)28-4)22(27)30-14-21(26)24(3)13-20(25)23-17-9-6-15(2)7-10-17/h6-12H,5,13-14H2,1-4H3,(H,23,25). The number of nitrogens with zero attached hydrogens (tertiary/aromatic N) is 1. The predicted octanol–water partition coefficient (Wildman–Crippen LogP) is 2.66. The Morgan fingerprint density at radius 1 is 1.03 bits per heavy atom. The minimum absolute atomic E-state index is 0.166. The fourth-order valence-corrected chi connectivity index (χ4v) is 2.53. The summed E-state index contributed by atoms with van der Waals surface area (Å²) in [7, 11) is 2.93. The second kappa shape index (κ2) is 10.8. The van der Waals surface area contributed by atoms with Crippen molar-refractivity contribution in [1.82, 2.24) is 4.90 Å². The number of nitrogens with one attached hydrogen (secondary N) is 1. The number of aryl methyl sites for hydroxylation is 1. The number of hydrogen-bond acceptors (Lipinski definition) is 6. The zero-order valence-electron chi connectivity index (χ0n) is 17.6.